The van der Waals surface area contributed by atoms with Crippen LogP contribution in [-0.2, 0) is 10.0 Å². The van der Waals surface area contributed by atoms with Crippen LogP contribution in [0.4, 0.5) is 5.82 Å². The van der Waals surface area contributed by atoms with Crippen molar-refractivity contribution in [3.63, 3.8) is 0 Å². The fraction of sp³-hybridized carbons (Fsp3) is 0.667. The van der Waals surface area contributed by atoms with Crippen LogP contribution >= 0.6 is 0 Å². The summed E-state index contributed by atoms with van der Waals surface area (Å²) in [4.78, 5) is 4.42. The highest BCUT2D eigenvalue weighted by molar-refractivity contribution is 7.89. The summed E-state index contributed by atoms with van der Waals surface area (Å²) in [6.07, 6.45) is 7.58. The molecule has 5 nitrogen and oxygen atoms in total. The third-order valence-corrected chi connectivity index (χ3v) is 5.90. The Kier molecular flexibility index (Phi) is 5.58. The number of anilines is 1. The third kappa shape index (κ3) is 3.95. The molecule has 21 heavy (non-hydrogen) atoms. The lowest BCUT2D eigenvalue weighted by Gasteiger charge is -2.27. The summed E-state index contributed by atoms with van der Waals surface area (Å²) < 4.78 is 27.0. The van der Waals surface area contributed by atoms with E-state index in [1.54, 1.807) is 25.4 Å². The van der Waals surface area contributed by atoms with Gasteiger partial charge in [-0.2, -0.15) is 0 Å². The monoisotopic (exact) mass is 311 g/mol. The highest BCUT2D eigenvalue weighted by Gasteiger charge is 2.27. The molecule has 1 aromatic rings. The largest absolute Gasteiger partial charge is 0.369 e. The van der Waals surface area contributed by atoms with E-state index in [0.29, 0.717) is 24.8 Å². The van der Waals surface area contributed by atoms with E-state index in [1.807, 2.05) is 6.92 Å². The van der Waals surface area contributed by atoms with Gasteiger partial charge in [0, 0.05) is 26.3 Å². The summed E-state index contributed by atoms with van der Waals surface area (Å²) in [5.41, 5.74) is 0. The molecule has 1 aromatic heterocycles. The zero-order valence-electron chi connectivity index (χ0n) is 12.9. The quantitative estimate of drug-likeness (QED) is 0.877. The molecule has 0 radical (unpaired) electrons. The van der Waals surface area contributed by atoms with Gasteiger partial charge in [-0.25, -0.2) is 17.7 Å². The maximum Gasteiger partial charge on any atom is 0.246 e. The number of hydrogen-bond donors (Lipinski definition) is 1. The molecule has 0 aliphatic heterocycles. The number of nitrogens with one attached hydrogen (secondary N) is 1. The number of aromatic nitrogens is 1. The van der Waals surface area contributed by atoms with Crippen molar-refractivity contribution in [1.82, 2.24) is 9.29 Å². The Hall–Kier alpha value is -1.14. The summed E-state index contributed by atoms with van der Waals surface area (Å²) in [5.74, 6) is 0.924. The van der Waals surface area contributed by atoms with E-state index < -0.39 is 10.0 Å². The summed E-state index contributed by atoms with van der Waals surface area (Å²) >= 11 is 0. The molecule has 0 unspecified atom stereocenters. The molecule has 0 amide bonds. The van der Waals surface area contributed by atoms with Crippen LogP contribution in [0.15, 0.2) is 23.2 Å². The number of hydrogen-bond acceptors (Lipinski definition) is 4. The van der Waals surface area contributed by atoms with Crippen molar-refractivity contribution in [3.8, 4) is 0 Å². The Morgan fingerprint density at radius 2 is 2.05 bits per heavy atom. The van der Waals surface area contributed by atoms with E-state index in [2.05, 4.69) is 10.3 Å². The van der Waals surface area contributed by atoms with E-state index in [-0.39, 0.29) is 4.90 Å². The van der Waals surface area contributed by atoms with Crippen LogP contribution in [0.25, 0.3) is 0 Å². The topological polar surface area (TPSA) is 62.3 Å². The van der Waals surface area contributed by atoms with Gasteiger partial charge in [-0.15, -0.1) is 0 Å². The number of pyridine rings is 1. The van der Waals surface area contributed by atoms with Crippen molar-refractivity contribution in [2.75, 3.05) is 25.5 Å². The Morgan fingerprint density at radius 1 is 1.33 bits per heavy atom. The Morgan fingerprint density at radius 3 is 2.71 bits per heavy atom. The molecule has 1 aliphatic rings. The van der Waals surface area contributed by atoms with Crippen molar-refractivity contribution in [2.45, 2.75) is 43.9 Å². The van der Waals surface area contributed by atoms with Gasteiger partial charge in [-0.3, -0.25) is 0 Å². The fourth-order valence-electron chi connectivity index (χ4n) is 2.90. The molecule has 0 atom stereocenters. The van der Waals surface area contributed by atoms with Gasteiger partial charge < -0.3 is 5.32 Å². The Bertz CT molecular complexity index is 554. The molecule has 2 rings (SSSR count). The molecule has 6 heteroatoms. The summed E-state index contributed by atoms with van der Waals surface area (Å²) in [7, 11) is -1.81. The minimum atomic E-state index is -3.48. The maximum absolute atomic E-state index is 12.7. The predicted octanol–water partition coefficient (Wildman–Crippen LogP) is 2.71. The van der Waals surface area contributed by atoms with E-state index in [4.69, 9.17) is 0 Å². The zero-order valence-corrected chi connectivity index (χ0v) is 13.7. The van der Waals surface area contributed by atoms with Crippen LogP contribution in [0.2, 0.25) is 0 Å². The SMILES string of the molecule is CCNc1ncccc1S(=O)(=O)N(C)CC1CCCCC1. The summed E-state index contributed by atoms with van der Waals surface area (Å²) in [5, 5.41) is 3.02. The molecule has 1 N–H and O–H groups in total. The van der Waals surface area contributed by atoms with Crippen molar-refractivity contribution in [3.05, 3.63) is 18.3 Å². The molecule has 1 heterocycles. The first-order valence-electron chi connectivity index (χ1n) is 7.71. The summed E-state index contributed by atoms with van der Waals surface area (Å²) in [6.45, 7) is 3.17. The van der Waals surface area contributed by atoms with Gasteiger partial charge in [0.25, 0.3) is 0 Å². The van der Waals surface area contributed by atoms with Gasteiger partial charge >= 0.3 is 0 Å². The van der Waals surface area contributed by atoms with E-state index >= 15 is 0 Å². The van der Waals surface area contributed by atoms with Crippen LogP contribution < -0.4 is 5.32 Å². The van der Waals surface area contributed by atoms with Crippen LogP contribution in [0.5, 0.6) is 0 Å². The smallest absolute Gasteiger partial charge is 0.246 e. The molecule has 1 saturated carbocycles. The zero-order chi connectivity index (χ0) is 15.3. The lowest BCUT2D eigenvalue weighted by atomic mass is 9.89. The van der Waals surface area contributed by atoms with Gasteiger partial charge in [0.05, 0.1) is 0 Å². The van der Waals surface area contributed by atoms with Crippen molar-refractivity contribution in [2.24, 2.45) is 5.92 Å². The first-order chi connectivity index (χ1) is 10.1. The average molecular weight is 311 g/mol. The van der Waals surface area contributed by atoms with Gasteiger partial charge in [0.1, 0.15) is 10.7 Å². The van der Waals surface area contributed by atoms with Gasteiger partial charge in [-0.05, 0) is 37.8 Å². The van der Waals surface area contributed by atoms with Crippen LogP contribution in [0.1, 0.15) is 39.0 Å². The molecular weight excluding hydrogens is 286 g/mol. The fourth-order valence-corrected chi connectivity index (χ4v) is 4.26. The van der Waals surface area contributed by atoms with Gasteiger partial charge in [-0.1, -0.05) is 19.3 Å². The van der Waals surface area contributed by atoms with E-state index in [0.717, 1.165) is 12.8 Å². The predicted molar refractivity (Wildman–Crippen MR) is 84.8 cm³/mol. The van der Waals surface area contributed by atoms with Crippen LogP contribution in [-0.4, -0.2) is 37.8 Å². The van der Waals surface area contributed by atoms with Crippen molar-refractivity contribution >= 4 is 15.8 Å². The molecule has 0 bridgehead atoms. The van der Waals surface area contributed by atoms with Crippen molar-refractivity contribution < 1.29 is 8.42 Å². The molecule has 118 valence electrons. The normalized spacial score (nSPS) is 17.1. The molecule has 0 aromatic carbocycles. The second-order valence-corrected chi connectivity index (χ2v) is 7.68. The molecule has 1 fully saturated rings. The second kappa shape index (κ2) is 7.22. The maximum atomic E-state index is 12.7. The minimum absolute atomic E-state index is 0.269. The first-order valence-corrected chi connectivity index (χ1v) is 9.15. The number of nitrogens with zero attached hydrogens (tertiary/aromatic N) is 2. The molecule has 0 spiro atoms. The van der Waals surface area contributed by atoms with Gasteiger partial charge in [0.2, 0.25) is 10.0 Å². The Labute approximate surface area is 127 Å². The minimum Gasteiger partial charge on any atom is -0.369 e. The van der Waals surface area contributed by atoms with Crippen LogP contribution in [0, 0.1) is 5.92 Å². The van der Waals surface area contributed by atoms with E-state index in [1.165, 1.54) is 23.6 Å². The first kappa shape index (κ1) is 16.2. The molecule has 1 aliphatic carbocycles. The lowest BCUT2D eigenvalue weighted by Crippen LogP contribution is -2.33. The molecule has 0 saturated heterocycles. The number of sulfonamides is 1. The molecular formula is C15H25N3O2S. The van der Waals surface area contributed by atoms with Crippen LogP contribution in [0.3, 0.4) is 0 Å². The van der Waals surface area contributed by atoms with Crippen molar-refractivity contribution in [1.29, 1.82) is 0 Å². The Balaban J connectivity index is 2.16. The average Bonchev–Trinajstić information content (AvgIpc) is 2.49. The number of rotatable bonds is 6. The standard InChI is InChI=1S/C15H25N3O2S/c1-3-16-15-14(10-7-11-17-15)21(19,20)18(2)12-13-8-5-4-6-9-13/h7,10-11,13H,3-6,8-9,12H2,1-2H3,(H,16,17). The lowest BCUT2D eigenvalue weighted by molar-refractivity contribution is 0.300. The van der Waals surface area contributed by atoms with E-state index in [9.17, 15) is 8.42 Å². The van der Waals surface area contributed by atoms with Gasteiger partial charge in [0.15, 0.2) is 0 Å². The highest BCUT2D eigenvalue weighted by Crippen LogP contribution is 2.27. The highest BCUT2D eigenvalue weighted by atomic mass is 32.2. The second-order valence-electron chi connectivity index (χ2n) is 5.67. The third-order valence-electron chi connectivity index (χ3n) is 4.04. The summed E-state index contributed by atoms with van der Waals surface area (Å²) in [6, 6.07) is 3.29.